The highest BCUT2D eigenvalue weighted by atomic mass is 35.5. The van der Waals surface area contributed by atoms with Gasteiger partial charge in [-0.3, -0.25) is 4.79 Å². The number of esters is 1. The van der Waals surface area contributed by atoms with Crippen LogP contribution in [0.15, 0.2) is 62.3 Å². The Morgan fingerprint density at radius 3 is 2.61 bits per heavy atom. The van der Waals surface area contributed by atoms with Crippen molar-refractivity contribution in [3.63, 3.8) is 0 Å². The number of halogens is 1. The van der Waals surface area contributed by atoms with Gasteiger partial charge in [0, 0.05) is 28.3 Å². The molecule has 0 aliphatic carbocycles. The highest BCUT2D eigenvalue weighted by Gasteiger charge is 2.25. The van der Waals surface area contributed by atoms with Crippen LogP contribution in [0.25, 0.3) is 33.2 Å². The number of hydrogen-bond donors (Lipinski definition) is 1. The molecule has 0 saturated carbocycles. The second-order valence-electron chi connectivity index (χ2n) is 6.63. The summed E-state index contributed by atoms with van der Waals surface area (Å²) in [5, 5.41) is 0.736. The first-order valence-corrected chi connectivity index (χ1v) is 10.1. The van der Waals surface area contributed by atoms with E-state index in [0.717, 1.165) is 5.39 Å². The molecular formula is C23H19ClN2O5. The molecule has 4 aromatic rings. The van der Waals surface area contributed by atoms with Crippen LogP contribution in [-0.2, 0) is 9.47 Å². The lowest BCUT2D eigenvalue weighted by Crippen LogP contribution is -2.21. The molecule has 2 aromatic heterocycles. The Hall–Kier alpha value is -3.58. The van der Waals surface area contributed by atoms with Crippen LogP contribution < -0.4 is 5.56 Å². The number of para-hydroxylation sites is 1. The van der Waals surface area contributed by atoms with Gasteiger partial charge in [0.15, 0.2) is 5.58 Å². The minimum Gasteiger partial charge on any atom is -0.477 e. The van der Waals surface area contributed by atoms with Gasteiger partial charge in [0.05, 0.1) is 18.7 Å². The Bertz CT molecular complexity index is 1370. The number of rotatable bonds is 5. The van der Waals surface area contributed by atoms with Crippen molar-refractivity contribution >= 4 is 45.7 Å². The van der Waals surface area contributed by atoms with Gasteiger partial charge >= 0.3 is 5.97 Å². The Labute approximate surface area is 182 Å². The lowest BCUT2D eigenvalue weighted by molar-refractivity contribution is 0.0525. The molecule has 0 bridgehead atoms. The Morgan fingerprint density at radius 2 is 1.87 bits per heavy atom. The molecule has 158 valence electrons. The number of ether oxygens (including phenoxy) is 2. The summed E-state index contributed by atoms with van der Waals surface area (Å²) in [5.74, 6) is -0.503. The number of nitrogens with zero attached hydrogens (tertiary/aromatic N) is 1. The maximum Gasteiger partial charge on any atom is 0.344 e. The predicted molar refractivity (Wildman–Crippen MR) is 120 cm³/mol. The zero-order valence-electron chi connectivity index (χ0n) is 16.9. The highest BCUT2D eigenvalue weighted by molar-refractivity contribution is 6.21. The van der Waals surface area contributed by atoms with Crippen LogP contribution in [0.5, 0.6) is 0 Å². The van der Waals surface area contributed by atoms with Gasteiger partial charge in [0.25, 0.3) is 5.56 Å². The van der Waals surface area contributed by atoms with E-state index in [-0.39, 0.29) is 18.1 Å². The van der Waals surface area contributed by atoms with Crippen molar-refractivity contribution in [2.45, 2.75) is 13.8 Å². The van der Waals surface area contributed by atoms with Crippen molar-refractivity contribution in [3.8, 4) is 11.1 Å². The number of carbonyl (C=O) groups excluding carboxylic acids is 1. The summed E-state index contributed by atoms with van der Waals surface area (Å²) >= 11 is 5.69. The summed E-state index contributed by atoms with van der Waals surface area (Å²) < 4.78 is 20.4. The molecule has 2 heterocycles. The topological polar surface area (TPSA) is 93.9 Å². The fraction of sp³-hybridized carbons (Fsp3) is 0.174. The molecule has 0 amide bonds. The molecule has 31 heavy (non-hydrogen) atoms. The van der Waals surface area contributed by atoms with E-state index in [2.05, 4.69) is 9.50 Å². The highest BCUT2D eigenvalue weighted by Crippen LogP contribution is 2.36. The van der Waals surface area contributed by atoms with Crippen molar-refractivity contribution in [1.82, 2.24) is 4.98 Å². The average Bonchev–Trinajstić information content (AvgIpc) is 3.15. The van der Waals surface area contributed by atoms with E-state index in [4.69, 9.17) is 25.7 Å². The van der Waals surface area contributed by atoms with Gasteiger partial charge in [-0.25, -0.2) is 4.79 Å². The van der Waals surface area contributed by atoms with E-state index in [1.165, 1.54) is 0 Å². The van der Waals surface area contributed by atoms with Gasteiger partial charge in [-0.05, 0) is 43.7 Å². The van der Waals surface area contributed by atoms with Gasteiger partial charge in [0.2, 0.25) is 5.90 Å². The van der Waals surface area contributed by atoms with Crippen LogP contribution in [0.2, 0.25) is 0 Å². The van der Waals surface area contributed by atoms with E-state index in [0.29, 0.717) is 40.0 Å². The van der Waals surface area contributed by atoms with Gasteiger partial charge in [-0.15, -0.1) is 4.51 Å². The van der Waals surface area contributed by atoms with Crippen molar-refractivity contribution < 1.29 is 18.7 Å². The molecule has 1 N–H and O–H groups in total. The van der Waals surface area contributed by atoms with Crippen LogP contribution in [-0.4, -0.2) is 30.1 Å². The molecule has 0 aliphatic heterocycles. The van der Waals surface area contributed by atoms with Crippen LogP contribution in [0.3, 0.4) is 0 Å². The Balaban J connectivity index is 2.07. The van der Waals surface area contributed by atoms with Crippen molar-refractivity contribution in [1.29, 1.82) is 0 Å². The van der Waals surface area contributed by atoms with E-state index >= 15 is 0 Å². The van der Waals surface area contributed by atoms with Crippen LogP contribution in [0.1, 0.15) is 29.8 Å². The zero-order chi connectivity index (χ0) is 22.0. The summed E-state index contributed by atoms with van der Waals surface area (Å²) in [6.07, 6.45) is 0. The Kier molecular flexibility index (Phi) is 5.77. The number of aromatic amines is 1. The smallest absolute Gasteiger partial charge is 0.344 e. The number of pyridine rings is 1. The monoisotopic (exact) mass is 438 g/mol. The van der Waals surface area contributed by atoms with Crippen molar-refractivity contribution in [3.05, 3.63) is 70.0 Å². The standard InChI is InChI=1S/C23H19ClN2O5/c1-3-29-22(26-24)14-9-7-8-13(12-14)17-18(23(28)30-4-2)21(27)25-19-15-10-5-6-11-16(15)31-20(17)19/h5-12H,3-4H2,1-2H3,(H,25,27)/b26-22-. The second-order valence-corrected chi connectivity index (χ2v) is 6.80. The lowest BCUT2D eigenvalue weighted by atomic mass is 9.98. The fourth-order valence-corrected chi connectivity index (χ4v) is 3.67. The third-order valence-electron chi connectivity index (χ3n) is 4.77. The number of nitrogens with one attached hydrogen (secondary N) is 1. The first kappa shape index (κ1) is 20.7. The molecule has 0 atom stereocenters. The summed E-state index contributed by atoms with van der Waals surface area (Å²) in [7, 11) is 0. The molecule has 0 saturated heterocycles. The first-order chi connectivity index (χ1) is 15.1. The van der Waals surface area contributed by atoms with Gasteiger partial charge in [0.1, 0.15) is 11.1 Å². The van der Waals surface area contributed by atoms with Gasteiger partial charge < -0.3 is 18.9 Å². The number of carbonyl (C=O) groups is 1. The molecule has 0 radical (unpaired) electrons. The van der Waals surface area contributed by atoms with E-state index in [1.807, 2.05) is 25.1 Å². The third-order valence-corrected chi connectivity index (χ3v) is 4.93. The predicted octanol–water partition coefficient (Wildman–Crippen LogP) is 5.05. The van der Waals surface area contributed by atoms with Gasteiger partial charge in [-0.2, -0.15) is 0 Å². The normalized spacial score (nSPS) is 11.8. The molecule has 2 aromatic carbocycles. The van der Waals surface area contributed by atoms with E-state index in [9.17, 15) is 9.59 Å². The summed E-state index contributed by atoms with van der Waals surface area (Å²) in [6.45, 7) is 4.00. The minimum absolute atomic E-state index is 0.128. The molecule has 4 rings (SSSR count). The van der Waals surface area contributed by atoms with Crippen LogP contribution >= 0.6 is 11.8 Å². The zero-order valence-corrected chi connectivity index (χ0v) is 17.7. The molecule has 0 aliphatic rings. The SMILES string of the molecule is CCOC(=O)c1c(-c2cccc(/C(=N/Cl)OCC)c2)c2oc3ccccc3c2[nH]c1=O. The first-order valence-electron chi connectivity index (χ1n) is 9.76. The van der Waals surface area contributed by atoms with Crippen molar-refractivity contribution in [2.75, 3.05) is 13.2 Å². The maximum absolute atomic E-state index is 13.0. The summed E-state index contributed by atoms with van der Waals surface area (Å²) in [5.41, 5.74) is 2.26. The number of H-pyrrole nitrogens is 1. The van der Waals surface area contributed by atoms with E-state index < -0.39 is 11.5 Å². The summed E-state index contributed by atoms with van der Waals surface area (Å²) in [4.78, 5) is 28.5. The number of fused-ring (bicyclic) bond motifs is 3. The van der Waals surface area contributed by atoms with Gasteiger partial charge in [-0.1, -0.05) is 24.3 Å². The molecule has 0 unspecified atom stereocenters. The summed E-state index contributed by atoms with van der Waals surface area (Å²) in [6, 6.07) is 14.4. The largest absolute Gasteiger partial charge is 0.477 e. The average molecular weight is 439 g/mol. The number of hydrogen-bond acceptors (Lipinski definition) is 6. The number of furan rings is 1. The number of benzene rings is 2. The third kappa shape index (κ3) is 3.68. The number of aromatic nitrogens is 1. The molecule has 7 nitrogen and oxygen atoms in total. The molecule has 0 spiro atoms. The minimum atomic E-state index is -0.734. The van der Waals surface area contributed by atoms with E-state index in [1.54, 1.807) is 37.3 Å². The molecule has 0 fully saturated rings. The van der Waals surface area contributed by atoms with Crippen molar-refractivity contribution in [2.24, 2.45) is 4.51 Å². The van der Waals surface area contributed by atoms with Crippen LogP contribution in [0, 0.1) is 0 Å². The fourth-order valence-electron chi connectivity index (χ4n) is 3.52. The molecule has 8 heteroatoms. The quantitative estimate of drug-likeness (QED) is 0.267. The second kappa shape index (κ2) is 8.65. The lowest BCUT2D eigenvalue weighted by Gasteiger charge is -2.11. The molecular weight excluding hydrogens is 420 g/mol. The Morgan fingerprint density at radius 1 is 1.10 bits per heavy atom. The van der Waals surface area contributed by atoms with Crippen LogP contribution in [0.4, 0.5) is 0 Å². The maximum atomic E-state index is 13.0.